The number of hydrogen-bond acceptors (Lipinski definition) is 4. The van der Waals surface area contributed by atoms with Gasteiger partial charge in [-0.05, 0) is 40.8 Å². The minimum atomic E-state index is -4.48. The lowest BCUT2D eigenvalue weighted by Gasteiger charge is -2.07. The number of alkyl halides is 6. The lowest BCUT2D eigenvalue weighted by atomic mass is 10.1. The quantitative estimate of drug-likeness (QED) is 0.235. The van der Waals surface area contributed by atoms with Gasteiger partial charge in [-0.25, -0.2) is 8.42 Å². The highest BCUT2D eigenvalue weighted by molar-refractivity contribution is 8.77. The zero-order valence-electron chi connectivity index (χ0n) is 15.2. The first kappa shape index (κ1) is 24.7. The lowest BCUT2D eigenvalue weighted by Crippen LogP contribution is -2.08. The fraction of sp³-hybridized carbons (Fsp3) is 0.263. The number of hydrogen-bond donors (Lipinski definition) is 0. The summed E-state index contributed by atoms with van der Waals surface area (Å²) in [6.45, 7) is 0. The summed E-state index contributed by atoms with van der Waals surface area (Å²) in [5, 5.41) is 1.55. The number of rotatable bonds is 8. The summed E-state index contributed by atoms with van der Waals surface area (Å²) in [7, 11) is -0.979. The van der Waals surface area contributed by atoms with Gasteiger partial charge >= 0.3 is 12.4 Å². The molecule has 11 heteroatoms. The molecule has 2 rings (SSSR count). The Kier molecular flexibility index (Phi) is 8.35. The SMILES string of the molecule is O=S(=O)(C/C=C\SSCc1ccc(C(F)(F)F)cc1)Cc1ccc(C(F)(F)F)cc1. The standard InChI is InChI=1S/C19H16F6O2S3/c20-18(21,22)16-6-2-14(3-7-16)12-29-28-10-1-11-30(26,27)13-15-4-8-17(9-5-15)19(23,24)25/h1-10H,11-13H2/b10-1-. The van der Waals surface area contributed by atoms with E-state index in [2.05, 4.69) is 0 Å². The highest BCUT2D eigenvalue weighted by Gasteiger charge is 2.30. The molecule has 2 nitrogen and oxygen atoms in total. The van der Waals surface area contributed by atoms with E-state index in [1.54, 1.807) is 5.41 Å². The largest absolute Gasteiger partial charge is 0.416 e. The van der Waals surface area contributed by atoms with Crippen LogP contribution in [0.5, 0.6) is 0 Å². The lowest BCUT2D eigenvalue weighted by molar-refractivity contribution is -0.138. The van der Waals surface area contributed by atoms with Crippen LogP contribution in [0, 0.1) is 0 Å². The van der Waals surface area contributed by atoms with Crippen molar-refractivity contribution in [3.05, 3.63) is 82.3 Å². The molecule has 0 unspecified atom stereocenters. The summed E-state index contributed by atoms with van der Waals surface area (Å²) >= 11 is 0. The first-order valence-corrected chi connectivity index (χ1v) is 12.5. The van der Waals surface area contributed by atoms with Crippen LogP contribution in [-0.2, 0) is 33.7 Å². The van der Waals surface area contributed by atoms with E-state index < -0.39 is 33.3 Å². The van der Waals surface area contributed by atoms with E-state index >= 15 is 0 Å². The van der Waals surface area contributed by atoms with Gasteiger partial charge in [0, 0.05) is 5.75 Å². The molecular weight excluding hydrogens is 470 g/mol. The van der Waals surface area contributed by atoms with Crippen LogP contribution >= 0.6 is 21.6 Å². The van der Waals surface area contributed by atoms with Crippen molar-refractivity contribution >= 4 is 31.4 Å². The average molecular weight is 487 g/mol. The maximum Gasteiger partial charge on any atom is 0.416 e. The molecule has 0 aromatic heterocycles. The number of sulfone groups is 1. The molecule has 0 bridgehead atoms. The zero-order chi connectivity index (χ0) is 22.4. The van der Waals surface area contributed by atoms with Crippen molar-refractivity contribution in [3.63, 3.8) is 0 Å². The van der Waals surface area contributed by atoms with E-state index in [1.807, 2.05) is 0 Å². The molecule has 0 atom stereocenters. The normalized spacial score (nSPS) is 13.1. The fourth-order valence-electron chi connectivity index (χ4n) is 2.26. The number of halogens is 6. The second-order valence-electron chi connectivity index (χ2n) is 6.17. The minimum absolute atomic E-state index is 0.265. The predicted octanol–water partition coefficient (Wildman–Crippen LogP) is 6.73. The molecule has 0 spiro atoms. The van der Waals surface area contributed by atoms with Crippen molar-refractivity contribution in [2.24, 2.45) is 0 Å². The highest BCUT2D eigenvalue weighted by Crippen LogP contribution is 2.32. The molecule has 0 aliphatic rings. The van der Waals surface area contributed by atoms with E-state index in [9.17, 15) is 34.8 Å². The molecule has 2 aromatic rings. The van der Waals surface area contributed by atoms with Crippen LogP contribution in [0.2, 0.25) is 0 Å². The van der Waals surface area contributed by atoms with Crippen LogP contribution in [0.25, 0.3) is 0 Å². The van der Waals surface area contributed by atoms with Crippen molar-refractivity contribution in [2.45, 2.75) is 23.9 Å². The summed E-state index contributed by atoms with van der Waals surface area (Å²) < 4.78 is 99.2. The molecule has 0 N–H and O–H groups in total. The van der Waals surface area contributed by atoms with Crippen molar-refractivity contribution in [3.8, 4) is 0 Å². The van der Waals surface area contributed by atoms with Gasteiger partial charge in [0.05, 0.1) is 22.6 Å². The molecular formula is C19H16F6O2S3. The van der Waals surface area contributed by atoms with Gasteiger partial charge in [0.2, 0.25) is 0 Å². The van der Waals surface area contributed by atoms with Gasteiger partial charge in [-0.1, -0.05) is 51.9 Å². The Morgan fingerprint density at radius 3 is 1.70 bits per heavy atom. The molecule has 0 radical (unpaired) electrons. The van der Waals surface area contributed by atoms with Crippen molar-refractivity contribution < 1.29 is 34.8 Å². The van der Waals surface area contributed by atoms with Crippen molar-refractivity contribution in [2.75, 3.05) is 5.75 Å². The average Bonchev–Trinajstić information content (AvgIpc) is 2.63. The van der Waals surface area contributed by atoms with E-state index in [-0.39, 0.29) is 17.1 Å². The second kappa shape index (κ2) is 10.1. The molecule has 0 amide bonds. The van der Waals surface area contributed by atoms with Gasteiger partial charge < -0.3 is 0 Å². The topological polar surface area (TPSA) is 34.1 Å². The van der Waals surface area contributed by atoms with Gasteiger partial charge in [-0.3, -0.25) is 0 Å². The third kappa shape index (κ3) is 8.27. The third-order valence-electron chi connectivity index (χ3n) is 3.74. The van der Waals surface area contributed by atoms with Gasteiger partial charge in [0.25, 0.3) is 0 Å². The van der Waals surface area contributed by atoms with Crippen LogP contribution in [0.1, 0.15) is 22.3 Å². The molecule has 0 aliphatic heterocycles. The first-order valence-electron chi connectivity index (χ1n) is 8.33. The second-order valence-corrected chi connectivity index (χ2v) is 10.6. The maximum absolute atomic E-state index is 12.5. The van der Waals surface area contributed by atoms with Gasteiger partial charge in [0.15, 0.2) is 9.84 Å². The Morgan fingerprint density at radius 1 is 0.767 bits per heavy atom. The van der Waals surface area contributed by atoms with Crippen molar-refractivity contribution in [1.29, 1.82) is 0 Å². The van der Waals surface area contributed by atoms with E-state index in [0.29, 0.717) is 11.3 Å². The van der Waals surface area contributed by atoms with Gasteiger partial charge in [-0.2, -0.15) is 26.3 Å². The Hall–Kier alpha value is -1.59. The highest BCUT2D eigenvalue weighted by atomic mass is 33.1. The Labute approximate surface area is 178 Å². The molecule has 0 aliphatic carbocycles. The van der Waals surface area contributed by atoms with E-state index in [4.69, 9.17) is 0 Å². The zero-order valence-corrected chi connectivity index (χ0v) is 17.7. The predicted molar refractivity (Wildman–Crippen MR) is 108 cm³/mol. The monoisotopic (exact) mass is 486 g/mol. The van der Waals surface area contributed by atoms with Crippen LogP contribution in [-0.4, -0.2) is 14.2 Å². The van der Waals surface area contributed by atoms with Crippen molar-refractivity contribution in [1.82, 2.24) is 0 Å². The van der Waals surface area contributed by atoms with Crippen LogP contribution < -0.4 is 0 Å². The Bertz CT molecular complexity index is 948. The fourth-order valence-corrected chi connectivity index (χ4v) is 5.32. The molecule has 164 valence electrons. The third-order valence-corrected chi connectivity index (χ3v) is 7.20. The number of benzene rings is 2. The van der Waals surface area contributed by atoms with Gasteiger partial charge in [-0.15, -0.1) is 0 Å². The molecule has 0 fully saturated rings. The Balaban J connectivity index is 1.76. The summed E-state index contributed by atoms with van der Waals surface area (Å²) in [5.41, 5.74) is -0.600. The van der Waals surface area contributed by atoms with E-state index in [1.165, 1.54) is 39.8 Å². The molecule has 0 heterocycles. The minimum Gasteiger partial charge on any atom is -0.228 e. The summed E-state index contributed by atoms with van der Waals surface area (Å²) in [6.07, 6.45) is -7.44. The summed E-state index contributed by atoms with van der Waals surface area (Å²) in [5.74, 6) is -0.216. The first-order chi connectivity index (χ1) is 13.9. The summed E-state index contributed by atoms with van der Waals surface area (Å²) in [4.78, 5) is 0. The van der Waals surface area contributed by atoms with Crippen LogP contribution in [0.3, 0.4) is 0 Å². The molecule has 0 saturated carbocycles. The smallest absolute Gasteiger partial charge is 0.228 e. The molecule has 0 saturated heterocycles. The molecule has 30 heavy (non-hydrogen) atoms. The summed E-state index contributed by atoms with van der Waals surface area (Å²) in [6, 6.07) is 8.73. The van der Waals surface area contributed by atoms with E-state index in [0.717, 1.165) is 36.4 Å². The van der Waals surface area contributed by atoms with Gasteiger partial charge in [0.1, 0.15) is 0 Å². The van der Waals surface area contributed by atoms with Crippen LogP contribution in [0.15, 0.2) is 60.0 Å². The maximum atomic E-state index is 12.5. The molecule has 2 aromatic carbocycles. The van der Waals surface area contributed by atoms with Crippen LogP contribution in [0.4, 0.5) is 26.3 Å². The Morgan fingerprint density at radius 2 is 1.23 bits per heavy atom.